The van der Waals surface area contributed by atoms with Gasteiger partial charge < -0.3 is 19.7 Å². The fourth-order valence-corrected chi connectivity index (χ4v) is 3.34. The van der Waals surface area contributed by atoms with Gasteiger partial charge in [-0.2, -0.15) is 0 Å². The summed E-state index contributed by atoms with van der Waals surface area (Å²) in [7, 11) is 0. The van der Waals surface area contributed by atoms with Crippen LogP contribution in [-0.4, -0.2) is 55.3 Å². The van der Waals surface area contributed by atoms with Gasteiger partial charge in [0.15, 0.2) is 0 Å². The molecule has 2 heterocycles. The molecule has 120 valence electrons. The van der Waals surface area contributed by atoms with Crippen molar-refractivity contribution in [2.24, 2.45) is 0 Å². The summed E-state index contributed by atoms with van der Waals surface area (Å²) in [6, 6.07) is 10.2. The van der Waals surface area contributed by atoms with Crippen LogP contribution in [0.25, 0.3) is 0 Å². The maximum Gasteiger partial charge on any atom is 0.253 e. The third-order valence-electron chi connectivity index (χ3n) is 4.45. The van der Waals surface area contributed by atoms with Crippen LogP contribution in [-0.2, 0) is 14.3 Å². The zero-order chi connectivity index (χ0) is 15.5. The van der Waals surface area contributed by atoms with Crippen LogP contribution in [0.2, 0.25) is 0 Å². The molecule has 1 N–H and O–H groups in total. The van der Waals surface area contributed by atoms with E-state index in [1.165, 1.54) is 0 Å². The summed E-state index contributed by atoms with van der Waals surface area (Å²) in [6.45, 7) is 6.63. The molecule has 3 rings (SSSR count). The second-order valence-electron chi connectivity index (χ2n) is 6.06. The van der Waals surface area contributed by atoms with Gasteiger partial charge in [0.1, 0.15) is 12.2 Å². The van der Waals surface area contributed by atoms with E-state index < -0.39 is 0 Å². The first-order valence-electron chi connectivity index (χ1n) is 7.99. The molecule has 5 nitrogen and oxygen atoms in total. The minimum absolute atomic E-state index is 0.0100. The Bertz CT molecular complexity index is 502. The van der Waals surface area contributed by atoms with Crippen molar-refractivity contribution in [1.29, 1.82) is 0 Å². The van der Waals surface area contributed by atoms with E-state index in [0.29, 0.717) is 19.8 Å². The number of benzene rings is 1. The fraction of sp³-hybridized carbons (Fsp3) is 0.588. The van der Waals surface area contributed by atoms with Crippen molar-refractivity contribution in [3.8, 4) is 0 Å². The number of hydrogen-bond donors (Lipinski definition) is 1. The predicted molar refractivity (Wildman–Crippen MR) is 83.5 cm³/mol. The number of ether oxygens (including phenoxy) is 2. The third-order valence-corrected chi connectivity index (χ3v) is 4.45. The van der Waals surface area contributed by atoms with Gasteiger partial charge in [-0.25, -0.2) is 0 Å². The van der Waals surface area contributed by atoms with Crippen LogP contribution in [0, 0.1) is 0 Å². The van der Waals surface area contributed by atoms with Crippen molar-refractivity contribution in [3.05, 3.63) is 35.9 Å². The molecule has 0 bridgehead atoms. The average molecular weight is 304 g/mol. The van der Waals surface area contributed by atoms with E-state index in [4.69, 9.17) is 9.47 Å². The van der Waals surface area contributed by atoms with Crippen molar-refractivity contribution in [1.82, 2.24) is 10.2 Å². The van der Waals surface area contributed by atoms with Crippen molar-refractivity contribution >= 4 is 5.91 Å². The van der Waals surface area contributed by atoms with E-state index in [0.717, 1.165) is 12.1 Å². The molecule has 1 amide bonds. The molecule has 4 atom stereocenters. The number of hydrogen-bond acceptors (Lipinski definition) is 4. The summed E-state index contributed by atoms with van der Waals surface area (Å²) in [4.78, 5) is 14.8. The molecule has 1 aromatic rings. The lowest BCUT2D eigenvalue weighted by Crippen LogP contribution is -2.59. The van der Waals surface area contributed by atoms with Crippen LogP contribution < -0.4 is 5.32 Å². The van der Waals surface area contributed by atoms with Gasteiger partial charge in [0.2, 0.25) is 0 Å². The Hall–Kier alpha value is -1.43. The summed E-state index contributed by atoms with van der Waals surface area (Å²) in [5.74, 6) is 0.0661. The van der Waals surface area contributed by atoms with Crippen LogP contribution in [0.15, 0.2) is 30.3 Å². The van der Waals surface area contributed by atoms with Gasteiger partial charge in [-0.15, -0.1) is 0 Å². The van der Waals surface area contributed by atoms with Crippen LogP contribution in [0.1, 0.15) is 25.5 Å². The molecule has 1 aromatic carbocycles. The van der Waals surface area contributed by atoms with Gasteiger partial charge in [0, 0.05) is 13.1 Å². The summed E-state index contributed by atoms with van der Waals surface area (Å²) < 4.78 is 11.6. The lowest BCUT2D eigenvalue weighted by atomic mass is 9.98. The lowest BCUT2D eigenvalue weighted by Gasteiger charge is -2.45. The molecule has 0 saturated carbocycles. The van der Waals surface area contributed by atoms with Gasteiger partial charge in [0.25, 0.3) is 5.91 Å². The number of amides is 1. The number of nitrogens with zero attached hydrogens (tertiary/aromatic N) is 1. The fourth-order valence-electron chi connectivity index (χ4n) is 3.34. The minimum atomic E-state index is -0.381. The quantitative estimate of drug-likeness (QED) is 0.896. The zero-order valence-corrected chi connectivity index (χ0v) is 13.2. The Morgan fingerprint density at radius 1 is 1.23 bits per heavy atom. The molecule has 2 aliphatic rings. The topological polar surface area (TPSA) is 50.8 Å². The smallest absolute Gasteiger partial charge is 0.253 e. The first kappa shape index (κ1) is 15.5. The Kier molecular flexibility index (Phi) is 4.76. The molecule has 0 aliphatic carbocycles. The molecule has 0 spiro atoms. The summed E-state index contributed by atoms with van der Waals surface area (Å²) in [6.07, 6.45) is -0.467. The molecule has 0 unspecified atom stereocenters. The van der Waals surface area contributed by atoms with Crippen LogP contribution in [0.3, 0.4) is 0 Å². The normalized spacial score (nSPS) is 32.7. The lowest BCUT2D eigenvalue weighted by molar-refractivity contribution is -0.166. The molecule has 2 saturated heterocycles. The second-order valence-corrected chi connectivity index (χ2v) is 6.06. The van der Waals surface area contributed by atoms with Crippen molar-refractivity contribution in [3.63, 3.8) is 0 Å². The van der Waals surface area contributed by atoms with Crippen LogP contribution in [0.4, 0.5) is 0 Å². The molecule has 0 radical (unpaired) electrons. The van der Waals surface area contributed by atoms with E-state index in [1.54, 1.807) is 0 Å². The maximum atomic E-state index is 12.9. The Balaban J connectivity index is 1.78. The van der Waals surface area contributed by atoms with E-state index in [9.17, 15) is 4.79 Å². The molecule has 2 aliphatic heterocycles. The Morgan fingerprint density at radius 2 is 2.00 bits per heavy atom. The molecule has 5 heteroatoms. The highest BCUT2D eigenvalue weighted by molar-refractivity contribution is 5.82. The highest BCUT2D eigenvalue weighted by Gasteiger charge is 2.40. The van der Waals surface area contributed by atoms with E-state index >= 15 is 0 Å². The van der Waals surface area contributed by atoms with Crippen LogP contribution >= 0.6 is 0 Å². The molecule has 0 aromatic heterocycles. The molecular formula is C17H24N2O3. The van der Waals surface area contributed by atoms with Crippen molar-refractivity contribution in [2.45, 2.75) is 38.1 Å². The van der Waals surface area contributed by atoms with Gasteiger partial charge in [-0.3, -0.25) is 4.79 Å². The minimum Gasteiger partial charge on any atom is -0.369 e. The number of carbonyl (C=O) groups is 1. The largest absolute Gasteiger partial charge is 0.369 e. The molecular weight excluding hydrogens is 280 g/mol. The first-order valence-corrected chi connectivity index (χ1v) is 7.99. The number of rotatable bonds is 2. The summed E-state index contributed by atoms with van der Waals surface area (Å²) >= 11 is 0. The van der Waals surface area contributed by atoms with E-state index in [2.05, 4.69) is 24.4 Å². The SMILES string of the molecule is C[C@@H]1CO[C@H](c2ccccc2)[C@@H](C)N1C(=O)[C@@H]1CNCCO1. The van der Waals surface area contributed by atoms with Gasteiger partial charge in [0.05, 0.1) is 25.3 Å². The monoisotopic (exact) mass is 304 g/mol. The predicted octanol–water partition coefficient (Wildman–Crippen LogP) is 1.35. The Labute approximate surface area is 131 Å². The number of morpholine rings is 2. The molecule has 22 heavy (non-hydrogen) atoms. The highest BCUT2D eigenvalue weighted by Crippen LogP contribution is 2.31. The maximum absolute atomic E-state index is 12.9. The standard InChI is InChI=1S/C17H24N2O3/c1-12-11-22-16(14-6-4-3-5-7-14)13(2)19(12)17(20)15-10-18-8-9-21-15/h3-7,12-13,15-16,18H,8-11H2,1-2H3/t12-,13-,15+,16+/m1/s1. The highest BCUT2D eigenvalue weighted by atomic mass is 16.5. The average Bonchev–Trinajstić information content (AvgIpc) is 2.56. The van der Waals surface area contributed by atoms with Gasteiger partial charge in [-0.1, -0.05) is 30.3 Å². The number of carbonyl (C=O) groups excluding carboxylic acids is 1. The third kappa shape index (κ3) is 3.02. The first-order chi connectivity index (χ1) is 10.7. The number of nitrogens with one attached hydrogen (secondary N) is 1. The van der Waals surface area contributed by atoms with Gasteiger partial charge in [-0.05, 0) is 19.4 Å². The Morgan fingerprint density at radius 3 is 2.68 bits per heavy atom. The van der Waals surface area contributed by atoms with E-state index in [1.807, 2.05) is 30.0 Å². The summed E-state index contributed by atoms with van der Waals surface area (Å²) in [5.41, 5.74) is 1.11. The van der Waals surface area contributed by atoms with Crippen LogP contribution in [0.5, 0.6) is 0 Å². The van der Waals surface area contributed by atoms with Gasteiger partial charge >= 0.3 is 0 Å². The second kappa shape index (κ2) is 6.77. The van der Waals surface area contributed by atoms with E-state index in [-0.39, 0.29) is 30.2 Å². The summed E-state index contributed by atoms with van der Waals surface area (Å²) in [5, 5.41) is 3.22. The van der Waals surface area contributed by atoms with Crippen molar-refractivity contribution in [2.75, 3.05) is 26.3 Å². The molecule has 2 fully saturated rings. The van der Waals surface area contributed by atoms with Crippen molar-refractivity contribution < 1.29 is 14.3 Å². The zero-order valence-electron chi connectivity index (χ0n) is 13.2.